The predicted octanol–water partition coefficient (Wildman–Crippen LogP) is 4.17. The fourth-order valence-corrected chi connectivity index (χ4v) is 4.22. The third-order valence-electron chi connectivity index (χ3n) is 5.97. The molecule has 0 atom stereocenters. The normalized spacial score (nSPS) is 18.3. The summed E-state index contributed by atoms with van der Waals surface area (Å²) in [5, 5.41) is 0.897. The topological polar surface area (TPSA) is 92.0 Å². The van der Waals surface area contributed by atoms with Gasteiger partial charge >= 0.3 is 0 Å². The van der Waals surface area contributed by atoms with Crippen molar-refractivity contribution in [1.29, 1.82) is 0 Å². The quantitative estimate of drug-likeness (QED) is 0.508. The van der Waals surface area contributed by atoms with Crippen molar-refractivity contribution < 1.29 is 4.74 Å². The van der Waals surface area contributed by atoms with E-state index in [0.29, 0.717) is 24.4 Å². The van der Waals surface area contributed by atoms with Crippen molar-refractivity contribution in [3.05, 3.63) is 72.7 Å². The molecule has 4 N–H and O–H groups in total. The molecule has 0 bridgehead atoms. The maximum atomic E-state index is 6.28. The number of nitrogen functional groups attached to an aromatic ring is 1. The number of anilines is 1. The third-order valence-corrected chi connectivity index (χ3v) is 5.97. The van der Waals surface area contributed by atoms with Crippen LogP contribution in [0.1, 0.15) is 24.4 Å². The zero-order valence-electron chi connectivity index (χ0n) is 16.7. The van der Waals surface area contributed by atoms with Crippen molar-refractivity contribution in [2.75, 3.05) is 12.3 Å². The van der Waals surface area contributed by atoms with Crippen LogP contribution >= 0.6 is 0 Å². The molecule has 0 spiro atoms. The highest BCUT2D eigenvalue weighted by molar-refractivity contribution is 6.00. The van der Waals surface area contributed by atoms with Gasteiger partial charge in [0.1, 0.15) is 30.1 Å². The lowest BCUT2D eigenvalue weighted by Gasteiger charge is -2.35. The number of hydrogen-bond donors (Lipinski definition) is 2. The van der Waals surface area contributed by atoms with Crippen molar-refractivity contribution in [3.8, 4) is 16.9 Å². The molecule has 0 unspecified atom stereocenters. The number of hydrogen-bond acceptors (Lipinski definition) is 5. The second-order valence-electron chi connectivity index (χ2n) is 7.94. The molecule has 2 aromatic heterocycles. The van der Waals surface area contributed by atoms with E-state index < -0.39 is 0 Å². The van der Waals surface area contributed by atoms with Gasteiger partial charge in [0.25, 0.3) is 0 Å². The number of nitrogens with zero attached hydrogens (tertiary/aromatic N) is 3. The van der Waals surface area contributed by atoms with Crippen LogP contribution in [0.4, 0.5) is 5.82 Å². The zero-order chi connectivity index (χ0) is 20.5. The van der Waals surface area contributed by atoms with Crippen LogP contribution in [0.2, 0.25) is 0 Å². The first kappa shape index (κ1) is 18.6. The predicted molar refractivity (Wildman–Crippen MR) is 119 cm³/mol. The first-order valence-electron chi connectivity index (χ1n) is 10.3. The van der Waals surface area contributed by atoms with Gasteiger partial charge in [-0.3, -0.25) is 0 Å². The van der Waals surface area contributed by atoms with Gasteiger partial charge in [0.15, 0.2) is 0 Å². The Morgan fingerprint density at radius 1 is 1.03 bits per heavy atom. The Labute approximate surface area is 175 Å². The van der Waals surface area contributed by atoms with Gasteiger partial charge in [0.2, 0.25) is 0 Å². The summed E-state index contributed by atoms with van der Waals surface area (Å²) in [6, 6.07) is 18.7. The Bertz CT molecular complexity index is 1160. The Morgan fingerprint density at radius 2 is 1.87 bits per heavy atom. The molecule has 152 valence electrons. The molecular weight excluding hydrogens is 374 g/mol. The maximum absolute atomic E-state index is 6.28. The number of ether oxygens (including phenoxy) is 1. The van der Waals surface area contributed by atoms with Crippen LogP contribution < -0.4 is 16.2 Å². The molecule has 2 heterocycles. The molecular formula is C24H25N5O. The molecule has 0 amide bonds. The van der Waals surface area contributed by atoms with Gasteiger partial charge in [-0.05, 0) is 48.6 Å². The van der Waals surface area contributed by atoms with E-state index in [-0.39, 0.29) is 0 Å². The number of aromatic nitrogens is 3. The molecule has 4 aromatic rings. The van der Waals surface area contributed by atoms with Gasteiger partial charge in [0.05, 0.1) is 5.39 Å². The van der Waals surface area contributed by atoms with Crippen LogP contribution in [-0.2, 0) is 6.61 Å². The van der Waals surface area contributed by atoms with Crippen LogP contribution in [0.25, 0.3) is 22.2 Å². The lowest BCUT2D eigenvalue weighted by atomic mass is 9.80. The number of nitrogens with two attached hydrogens (primary N) is 2. The second kappa shape index (κ2) is 7.80. The molecule has 0 saturated heterocycles. The summed E-state index contributed by atoms with van der Waals surface area (Å²) < 4.78 is 8.27. The standard InChI is InChI=1S/C24H25N5O/c25-12-17-9-19(10-17)29-13-21(22-23(26)27-15-28-24(22)29)18-7-4-8-20(11-18)30-14-16-5-2-1-3-6-16/h1-8,11,13,15,17,19H,9-10,12,14,25H2,(H2,26,27,28). The van der Waals surface area contributed by atoms with Crippen LogP contribution in [-0.4, -0.2) is 21.1 Å². The monoisotopic (exact) mass is 399 g/mol. The third kappa shape index (κ3) is 3.39. The summed E-state index contributed by atoms with van der Waals surface area (Å²) in [7, 11) is 0. The minimum Gasteiger partial charge on any atom is -0.489 e. The summed E-state index contributed by atoms with van der Waals surface area (Å²) in [6.07, 6.45) is 5.84. The fourth-order valence-electron chi connectivity index (χ4n) is 4.22. The summed E-state index contributed by atoms with van der Waals surface area (Å²) in [6.45, 7) is 1.26. The van der Waals surface area contributed by atoms with Gasteiger partial charge in [-0.15, -0.1) is 0 Å². The van der Waals surface area contributed by atoms with Crippen LogP contribution in [0.5, 0.6) is 5.75 Å². The number of fused-ring (bicyclic) bond motifs is 1. The van der Waals surface area contributed by atoms with Gasteiger partial charge in [-0.1, -0.05) is 42.5 Å². The molecule has 1 aliphatic carbocycles. The highest BCUT2D eigenvalue weighted by atomic mass is 16.5. The van der Waals surface area contributed by atoms with Crippen LogP contribution in [0.15, 0.2) is 67.1 Å². The van der Waals surface area contributed by atoms with Gasteiger partial charge in [0, 0.05) is 17.8 Å². The molecule has 0 aliphatic heterocycles. The summed E-state index contributed by atoms with van der Waals surface area (Å²) >= 11 is 0. The molecule has 30 heavy (non-hydrogen) atoms. The lowest BCUT2D eigenvalue weighted by Crippen LogP contribution is -2.31. The van der Waals surface area contributed by atoms with E-state index in [9.17, 15) is 0 Å². The highest BCUT2D eigenvalue weighted by Gasteiger charge is 2.31. The van der Waals surface area contributed by atoms with Crippen LogP contribution in [0.3, 0.4) is 0 Å². The summed E-state index contributed by atoms with van der Waals surface area (Å²) in [5.74, 6) is 1.91. The Hall–Kier alpha value is -3.38. The minimum absolute atomic E-state index is 0.404. The number of rotatable bonds is 6. The van der Waals surface area contributed by atoms with E-state index in [1.165, 1.54) is 6.33 Å². The fraction of sp³-hybridized carbons (Fsp3) is 0.250. The van der Waals surface area contributed by atoms with Crippen molar-refractivity contribution >= 4 is 16.9 Å². The SMILES string of the molecule is NCC1CC(n2cc(-c3cccc(OCc4ccccc4)c3)c3c(N)ncnc32)C1. The minimum atomic E-state index is 0.404. The van der Waals surface area contributed by atoms with Crippen LogP contribution in [0, 0.1) is 5.92 Å². The summed E-state index contributed by atoms with van der Waals surface area (Å²) in [5.41, 5.74) is 16.2. The second-order valence-corrected chi connectivity index (χ2v) is 7.94. The molecule has 1 aliphatic rings. The Kier molecular flexibility index (Phi) is 4.85. The van der Waals surface area contributed by atoms with E-state index in [1.54, 1.807) is 0 Å². The van der Waals surface area contributed by atoms with Crippen molar-refractivity contribution in [2.45, 2.75) is 25.5 Å². The van der Waals surface area contributed by atoms with E-state index in [2.05, 4.69) is 45.0 Å². The molecule has 6 nitrogen and oxygen atoms in total. The molecule has 6 heteroatoms. The molecule has 2 aromatic carbocycles. The smallest absolute Gasteiger partial charge is 0.146 e. The van der Waals surface area contributed by atoms with Gasteiger partial charge in [-0.25, -0.2) is 9.97 Å². The molecule has 0 radical (unpaired) electrons. The maximum Gasteiger partial charge on any atom is 0.146 e. The van der Waals surface area contributed by atoms with E-state index >= 15 is 0 Å². The average molecular weight is 399 g/mol. The van der Waals surface area contributed by atoms with Crippen molar-refractivity contribution in [1.82, 2.24) is 14.5 Å². The van der Waals surface area contributed by atoms with Gasteiger partial charge in [-0.2, -0.15) is 0 Å². The van der Waals surface area contributed by atoms with E-state index in [4.69, 9.17) is 16.2 Å². The Balaban J connectivity index is 1.49. The molecule has 5 rings (SSSR count). The van der Waals surface area contributed by atoms with E-state index in [0.717, 1.165) is 52.9 Å². The zero-order valence-corrected chi connectivity index (χ0v) is 16.7. The molecule has 1 fully saturated rings. The summed E-state index contributed by atoms with van der Waals surface area (Å²) in [4.78, 5) is 8.79. The first-order valence-corrected chi connectivity index (χ1v) is 10.3. The first-order chi connectivity index (χ1) is 14.7. The molecule has 1 saturated carbocycles. The van der Waals surface area contributed by atoms with Crippen molar-refractivity contribution in [2.24, 2.45) is 11.7 Å². The Morgan fingerprint density at radius 3 is 2.67 bits per heavy atom. The van der Waals surface area contributed by atoms with Gasteiger partial charge < -0.3 is 20.8 Å². The highest BCUT2D eigenvalue weighted by Crippen LogP contribution is 2.42. The number of benzene rings is 2. The lowest BCUT2D eigenvalue weighted by molar-refractivity contribution is 0.209. The van der Waals surface area contributed by atoms with Crippen molar-refractivity contribution in [3.63, 3.8) is 0 Å². The van der Waals surface area contributed by atoms with E-state index in [1.807, 2.05) is 30.3 Å². The largest absolute Gasteiger partial charge is 0.489 e. The average Bonchev–Trinajstić information content (AvgIpc) is 3.13.